The van der Waals surface area contributed by atoms with E-state index < -0.39 is 17.3 Å². The Hall–Kier alpha value is -2.82. The molecule has 140 valence electrons. The zero-order chi connectivity index (χ0) is 19.6. The number of halogens is 2. The van der Waals surface area contributed by atoms with Crippen LogP contribution in [-0.4, -0.2) is 4.98 Å². The molecule has 1 aromatic carbocycles. The lowest BCUT2D eigenvalue weighted by Gasteiger charge is -2.23. The lowest BCUT2D eigenvalue weighted by atomic mass is 10.0. The average molecular weight is 369 g/mol. The molecule has 0 spiro atoms. The first-order chi connectivity index (χ1) is 12.9. The summed E-state index contributed by atoms with van der Waals surface area (Å²) in [7, 11) is 0. The molecule has 0 amide bonds. The van der Waals surface area contributed by atoms with E-state index >= 15 is 0 Å². The van der Waals surface area contributed by atoms with Gasteiger partial charge in [0.25, 0.3) is 0 Å². The monoisotopic (exact) mass is 369 g/mol. The summed E-state index contributed by atoms with van der Waals surface area (Å²) in [6.45, 7) is 10.5. The smallest absolute Gasteiger partial charge is 0.249 e. The second-order valence-corrected chi connectivity index (χ2v) is 6.80. The Balaban J connectivity index is 2.21. The number of aromatic nitrogens is 3. The summed E-state index contributed by atoms with van der Waals surface area (Å²) in [4.78, 5) is 3.08. The Morgan fingerprint density at radius 1 is 1.15 bits per heavy atom. The van der Waals surface area contributed by atoms with Crippen molar-refractivity contribution in [2.45, 2.75) is 39.3 Å². The van der Waals surface area contributed by atoms with Crippen molar-refractivity contribution >= 4 is 5.57 Å². The van der Waals surface area contributed by atoms with Crippen LogP contribution >= 0.6 is 0 Å². The van der Waals surface area contributed by atoms with Crippen molar-refractivity contribution in [1.29, 1.82) is 0 Å². The number of aromatic amines is 1. The van der Waals surface area contributed by atoms with Gasteiger partial charge in [0, 0.05) is 30.7 Å². The Labute approximate surface area is 158 Å². The topological polar surface area (TPSA) is 23.5 Å². The van der Waals surface area contributed by atoms with Gasteiger partial charge in [0.1, 0.15) is 17.8 Å². The Morgan fingerprint density at radius 2 is 1.93 bits per heavy atom. The van der Waals surface area contributed by atoms with E-state index in [1.807, 2.05) is 35.3 Å². The van der Waals surface area contributed by atoms with Crippen LogP contribution in [0, 0.1) is 11.6 Å². The van der Waals surface area contributed by atoms with Crippen LogP contribution < -0.4 is 9.13 Å². The van der Waals surface area contributed by atoms with Crippen molar-refractivity contribution in [3.05, 3.63) is 79.0 Å². The highest BCUT2D eigenvalue weighted by atomic mass is 19.1. The van der Waals surface area contributed by atoms with Crippen molar-refractivity contribution in [3.8, 4) is 11.3 Å². The van der Waals surface area contributed by atoms with E-state index in [2.05, 4.69) is 36.9 Å². The maximum absolute atomic E-state index is 14.5. The molecule has 0 aliphatic carbocycles. The number of H-pyrrole nitrogens is 1. The molecule has 1 atom stereocenters. The molecule has 5 heteroatoms. The minimum Gasteiger partial charge on any atom is -0.249 e. The molecular formula is C22H25F2N3+2. The third-order valence-corrected chi connectivity index (χ3v) is 5.25. The van der Waals surface area contributed by atoms with Crippen molar-refractivity contribution in [2.75, 3.05) is 0 Å². The first-order valence-corrected chi connectivity index (χ1v) is 9.16. The van der Waals surface area contributed by atoms with Crippen molar-refractivity contribution < 1.29 is 17.9 Å². The first-order valence-electron chi connectivity index (χ1n) is 9.16. The average Bonchev–Trinajstić information content (AvgIpc) is 3.17. The zero-order valence-electron chi connectivity index (χ0n) is 16.0. The van der Waals surface area contributed by atoms with Crippen LogP contribution in [0.4, 0.5) is 8.78 Å². The van der Waals surface area contributed by atoms with Gasteiger partial charge in [0.15, 0.2) is 11.9 Å². The van der Waals surface area contributed by atoms with Crippen molar-refractivity contribution in [3.63, 3.8) is 0 Å². The number of pyridine rings is 1. The van der Waals surface area contributed by atoms with Gasteiger partial charge in [-0.05, 0) is 24.6 Å². The number of imidazole rings is 1. The first kappa shape index (κ1) is 19.0. The van der Waals surface area contributed by atoms with Crippen LogP contribution in [0.15, 0.2) is 61.7 Å². The highest BCUT2D eigenvalue weighted by Crippen LogP contribution is 2.24. The van der Waals surface area contributed by atoms with E-state index in [4.69, 9.17) is 0 Å². The van der Waals surface area contributed by atoms with E-state index in [-0.39, 0.29) is 0 Å². The number of allylic oxidation sites excluding steroid dienone is 1. The summed E-state index contributed by atoms with van der Waals surface area (Å²) in [6.07, 6.45) is 7.16. The lowest BCUT2D eigenvalue weighted by Crippen LogP contribution is -2.72. The maximum Gasteiger partial charge on any atom is 0.305 e. The van der Waals surface area contributed by atoms with Crippen LogP contribution in [0.5, 0.6) is 0 Å². The molecule has 27 heavy (non-hydrogen) atoms. The van der Waals surface area contributed by atoms with Gasteiger partial charge < -0.3 is 0 Å². The second-order valence-electron chi connectivity index (χ2n) is 6.80. The van der Waals surface area contributed by atoms with Gasteiger partial charge in [-0.15, -0.1) is 0 Å². The van der Waals surface area contributed by atoms with Crippen molar-refractivity contribution in [2.24, 2.45) is 0 Å². The summed E-state index contributed by atoms with van der Waals surface area (Å²) in [5.74, 6) is -1.17. The molecule has 0 fully saturated rings. The number of rotatable bonds is 6. The number of nitrogens with zero attached hydrogens (tertiary/aromatic N) is 2. The van der Waals surface area contributed by atoms with E-state index in [9.17, 15) is 8.78 Å². The van der Waals surface area contributed by atoms with E-state index in [0.717, 1.165) is 30.2 Å². The molecule has 0 aliphatic rings. The van der Waals surface area contributed by atoms with Crippen LogP contribution in [0.1, 0.15) is 39.3 Å². The van der Waals surface area contributed by atoms with E-state index in [1.165, 1.54) is 12.1 Å². The maximum atomic E-state index is 14.5. The fourth-order valence-corrected chi connectivity index (χ4v) is 3.42. The zero-order valence-corrected chi connectivity index (χ0v) is 16.0. The fourth-order valence-electron chi connectivity index (χ4n) is 3.42. The summed E-state index contributed by atoms with van der Waals surface area (Å²) in [6, 6.07) is 9.68. The number of hydrogen-bond donors (Lipinski definition) is 1. The lowest BCUT2D eigenvalue weighted by molar-refractivity contribution is -0.987. The Kier molecular flexibility index (Phi) is 5.22. The standard InChI is InChI=1S/C22H24F2N3/c1-5-16(3)20-9-7-8-12-26(20)22(4,6-2)27-15-25-14-21(27)18-11-10-17(23)13-19(18)24/h7-15H,3,5-6H2,1-2,4H3/q+1/p+1/t22-/m1/s1. The molecule has 3 aromatic rings. The normalized spacial score (nSPS) is 13.4. The molecule has 3 nitrogen and oxygen atoms in total. The van der Waals surface area contributed by atoms with Gasteiger partial charge in [-0.1, -0.05) is 20.4 Å². The van der Waals surface area contributed by atoms with Crippen LogP contribution in [0.25, 0.3) is 16.8 Å². The van der Waals surface area contributed by atoms with Gasteiger partial charge in [0.05, 0.1) is 12.0 Å². The molecule has 0 aliphatic heterocycles. The highest BCUT2D eigenvalue weighted by molar-refractivity contribution is 5.57. The number of benzene rings is 1. The number of hydrogen-bond acceptors (Lipinski definition) is 0. The van der Waals surface area contributed by atoms with E-state index in [0.29, 0.717) is 11.3 Å². The van der Waals surface area contributed by atoms with E-state index in [1.54, 1.807) is 6.20 Å². The third kappa shape index (κ3) is 3.29. The summed E-state index contributed by atoms with van der Waals surface area (Å²) < 4.78 is 32.0. The fraction of sp³-hybridized carbons (Fsp3) is 0.273. The Bertz CT molecular complexity index is 977. The van der Waals surface area contributed by atoms with Gasteiger partial charge in [-0.25, -0.2) is 13.8 Å². The van der Waals surface area contributed by atoms with Gasteiger partial charge in [-0.2, -0.15) is 9.13 Å². The summed E-state index contributed by atoms with van der Waals surface area (Å²) in [5.41, 5.74) is 2.56. The third-order valence-electron chi connectivity index (χ3n) is 5.25. The SMILES string of the molecule is C=C(CC)c1cccc[n+]1[C@@](C)(CC)[n+]1c[nH]cc1-c1ccc(F)cc1F. The van der Waals surface area contributed by atoms with Crippen LogP contribution in [0.3, 0.4) is 0 Å². The molecule has 1 N–H and O–H groups in total. The molecule has 2 aromatic heterocycles. The van der Waals surface area contributed by atoms with Gasteiger partial charge in [-0.3, -0.25) is 0 Å². The molecule has 0 bridgehead atoms. The molecule has 0 radical (unpaired) electrons. The van der Waals surface area contributed by atoms with Gasteiger partial charge >= 0.3 is 5.66 Å². The number of nitrogens with one attached hydrogen (secondary N) is 1. The Morgan fingerprint density at radius 3 is 2.59 bits per heavy atom. The predicted octanol–water partition coefficient (Wildman–Crippen LogP) is 4.59. The van der Waals surface area contributed by atoms with Crippen LogP contribution in [0.2, 0.25) is 0 Å². The minimum atomic E-state index is -0.587. The summed E-state index contributed by atoms with van der Waals surface area (Å²) in [5, 5.41) is 0. The summed E-state index contributed by atoms with van der Waals surface area (Å²) >= 11 is 0. The molecular weight excluding hydrogens is 344 g/mol. The molecule has 0 unspecified atom stereocenters. The predicted molar refractivity (Wildman–Crippen MR) is 102 cm³/mol. The second kappa shape index (κ2) is 7.43. The molecule has 3 rings (SSSR count). The molecule has 2 heterocycles. The quantitative estimate of drug-likeness (QED) is 0.615. The van der Waals surface area contributed by atoms with Crippen molar-refractivity contribution in [1.82, 2.24) is 4.98 Å². The van der Waals surface area contributed by atoms with Crippen LogP contribution in [-0.2, 0) is 5.66 Å². The minimum absolute atomic E-state index is 0.352. The highest BCUT2D eigenvalue weighted by Gasteiger charge is 2.43. The largest absolute Gasteiger partial charge is 0.305 e. The molecule has 0 saturated heterocycles. The molecule has 0 saturated carbocycles. The van der Waals surface area contributed by atoms with Gasteiger partial charge in [0.2, 0.25) is 12.0 Å².